The van der Waals surface area contributed by atoms with Crippen molar-refractivity contribution in [1.82, 2.24) is 10.2 Å². The molecular formula is C16H24F3IN4. The maximum Gasteiger partial charge on any atom is 0.194 e. The third-order valence-corrected chi connectivity index (χ3v) is 3.72. The van der Waals surface area contributed by atoms with Crippen LogP contribution in [0.25, 0.3) is 0 Å². The molecule has 1 N–H and O–H groups in total. The van der Waals surface area contributed by atoms with Crippen molar-refractivity contribution >= 4 is 35.6 Å². The number of rotatable bonds is 5. The molecule has 0 bridgehead atoms. The van der Waals surface area contributed by atoms with E-state index in [1.54, 1.807) is 0 Å². The van der Waals surface area contributed by atoms with E-state index in [0.717, 1.165) is 24.6 Å². The van der Waals surface area contributed by atoms with E-state index < -0.39 is 11.6 Å². The molecule has 0 spiro atoms. The summed E-state index contributed by atoms with van der Waals surface area (Å²) in [5.41, 5.74) is 0.295. The lowest BCUT2D eigenvalue weighted by Gasteiger charge is -2.37. The lowest BCUT2D eigenvalue weighted by Crippen LogP contribution is -2.52. The number of alkyl halides is 1. The Hall–Kier alpha value is -1.19. The number of halogens is 4. The summed E-state index contributed by atoms with van der Waals surface area (Å²) in [5, 5.41) is 3.19. The molecule has 1 fully saturated rings. The largest absolute Gasteiger partial charge is 0.366 e. The first-order valence-electron chi connectivity index (χ1n) is 7.95. The minimum absolute atomic E-state index is 0. The second-order valence-corrected chi connectivity index (χ2v) is 5.35. The summed E-state index contributed by atoms with van der Waals surface area (Å²) in [4.78, 5) is 8.29. The summed E-state index contributed by atoms with van der Waals surface area (Å²) in [5.74, 6) is -0.103. The predicted octanol–water partition coefficient (Wildman–Crippen LogP) is 3.03. The number of aliphatic imine (C=N–C) groups is 1. The molecule has 1 aliphatic rings. The van der Waals surface area contributed by atoms with Crippen molar-refractivity contribution in [3.8, 4) is 0 Å². The number of nitrogens with one attached hydrogen (secondary N) is 1. The summed E-state index contributed by atoms with van der Waals surface area (Å²) < 4.78 is 39.4. The van der Waals surface area contributed by atoms with Crippen molar-refractivity contribution in [2.24, 2.45) is 4.99 Å². The van der Waals surface area contributed by atoms with E-state index in [1.807, 2.05) is 11.8 Å². The molecule has 1 saturated heterocycles. The van der Waals surface area contributed by atoms with E-state index in [-0.39, 0.29) is 30.7 Å². The topological polar surface area (TPSA) is 30.9 Å². The highest BCUT2D eigenvalue weighted by atomic mass is 127. The van der Waals surface area contributed by atoms with Crippen LogP contribution >= 0.6 is 24.0 Å². The highest BCUT2D eigenvalue weighted by Gasteiger charge is 2.21. The Bertz CT molecular complexity index is 534. The Kier molecular flexibility index (Phi) is 9.24. The molecule has 0 amide bonds. The minimum atomic E-state index is -0.440. The van der Waals surface area contributed by atoms with Gasteiger partial charge in [0.1, 0.15) is 11.6 Å². The second-order valence-electron chi connectivity index (χ2n) is 5.35. The zero-order valence-electron chi connectivity index (χ0n) is 13.8. The maximum absolute atomic E-state index is 13.8. The first kappa shape index (κ1) is 20.9. The van der Waals surface area contributed by atoms with Crippen LogP contribution in [-0.2, 0) is 0 Å². The summed E-state index contributed by atoms with van der Waals surface area (Å²) in [6.45, 7) is 5.22. The molecule has 4 nitrogen and oxygen atoms in total. The van der Waals surface area contributed by atoms with Gasteiger partial charge in [-0.1, -0.05) is 0 Å². The van der Waals surface area contributed by atoms with Crippen molar-refractivity contribution in [2.45, 2.75) is 13.3 Å². The number of nitrogens with zero attached hydrogens (tertiary/aromatic N) is 3. The molecule has 0 aliphatic carbocycles. The van der Waals surface area contributed by atoms with E-state index in [4.69, 9.17) is 0 Å². The zero-order valence-corrected chi connectivity index (χ0v) is 16.1. The molecule has 0 saturated carbocycles. The molecule has 0 atom stereocenters. The number of hydrogen-bond acceptors (Lipinski definition) is 2. The van der Waals surface area contributed by atoms with E-state index in [2.05, 4.69) is 15.2 Å². The molecule has 0 aromatic heterocycles. The lowest BCUT2D eigenvalue weighted by molar-refractivity contribution is 0.370. The fraction of sp³-hybridized carbons (Fsp3) is 0.562. The molecule has 1 aromatic carbocycles. The van der Waals surface area contributed by atoms with Crippen LogP contribution < -0.4 is 10.2 Å². The van der Waals surface area contributed by atoms with Gasteiger partial charge in [0.2, 0.25) is 0 Å². The smallest absolute Gasteiger partial charge is 0.194 e. The van der Waals surface area contributed by atoms with Gasteiger partial charge in [-0.3, -0.25) is 9.38 Å². The summed E-state index contributed by atoms with van der Waals surface area (Å²) in [7, 11) is 0. The van der Waals surface area contributed by atoms with Gasteiger partial charge in [-0.25, -0.2) is 8.78 Å². The number of hydrogen-bond donors (Lipinski definition) is 1. The number of anilines is 1. The van der Waals surface area contributed by atoms with Gasteiger partial charge in [-0.2, -0.15) is 0 Å². The van der Waals surface area contributed by atoms with Gasteiger partial charge in [0.05, 0.1) is 12.4 Å². The van der Waals surface area contributed by atoms with Crippen LogP contribution in [0.5, 0.6) is 0 Å². The van der Waals surface area contributed by atoms with Gasteiger partial charge in [0.25, 0.3) is 0 Å². The number of piperazine rings is 1. The lowest BCUT2D eigenvalue weighted by atomic mass is 10.2. The Morgan fingerprint density at radius 2 is 1.92 bits per heavy atom. The Morgan fingerprint density at radius 3 is 2.54 bits per heavy atom. The second kappa shape index (κ2) is 10.6. The summed E-state index contributed by atoms with van der Waals surface area (Å²) in [6.07, 6.45) is 0.406. The van der Waals surface area contributed by atoms with Crippen LogP contribution in [0.1, 0.15) is 13.3 Å². The van der Waals surface area contributed by atoms with Gasteiger partial charge in [0, 0.05) is 45.3 Å². The van der Waals surface area contributed by atoms with Crippen molar-refractivity contribution < 1.29 is 13.2 Å². The summed E-state index contributed by atoms with van der Waals surface area (Å²) in [6, 6.07) is 3.50. The fourth-order valence-corrected chi connectivity index (χ4v) is 2.56. The highest BCUT2D eigenvalue weighted by molar-refractivity contribution is 14.0. The van der Waals surface area contributed by atoms with Gasteiger partial charge in [-0.05, 0) is 25.5 Å². The van der Waals surface area contributed by atoms with Gasteiger partial charge >= 0.3 is 0 Å². The normalized spacial score (nSPS) is 15.2. The van der Waals surface area contributed by atoms with E-state index in [0.29, 0.717) is 44.8 Å². The first-order valence-corrected chi connectivity index (χ1v) is 7.95. The van der Waals surface area contributed by atoms with Gasteiger partial charge in [0.15, 0.2) is 5.96 Å². The van der Waals surface area contributed by atoms with Crippen LogP contribution in [0.4, 0.5) is 18.9 Å². The van der Waals surface area contributed by atoms with Crippen molar-refractivity contribution in [3.63, 3.8) is 0 Å². The van der Waals surface area contributed by atoms with E-state index in [1.165, 1.54) is 6.07 Å². The summed E-state index contributed by atoms with van der Waals surface area (Å²) >= 11 is 0. The predicted molar refractivity (Wildman–Crippen MR) is 102 cm³/mol. The van der Waals surface area contributed by atoms with Crippen molar-refractivity contribution in [3.05, 3.63) is 29.8 Å². The van der Waals surface area contributed by atoms with Gasteiger partial charge < -0.3 is 15.1 Å². The third kappa shape index (κ3) is 5.71. The molecule has 1 heterocycles. The Labute approximate surface area is 158 Å². The minimum Gasteiger partial charge on any atom is -0.366 e. The van der Waals surface area contributed by atoms with E-state index in [9.17, 15) is 13.2 Å². The zero-order chi connectivity index (χ0) is 16.7. The van der Waals surface area contributed by atoms with Crippen LogP contribution in [0.15, 0.2) is 23.2 Å². The molecule has 2 rings (SSSR count). The first-order chi connectivity index (χ1) is 11.2. The monoisotopic (exact) mass is 456 g/mol. The SMILES string of the molecule is CCNC(=NCCCF)N1CCN(c2cc(F)ccc2F)CC1.I. The number of benzene rings is 1. The fourth-order valence-electron chi connectivity index (χ4n) is 2.56. The highest BCUT2D eigenvalue weighted by Crippen LogP contribution is 2.21. The molecule has 8 heteroatoms. The van der Waals surface area contributed by atoms with Crippen molar-refractivity contribution in [1.29, 1.82) is 0 Å². The van der Waals surface area contributed by atoms with Crippen LogP contribution in [-0.4, -0.2) is 56.8 Å². The maximum atomic E-state index is 13.8. The van der Waals surface area contributed by atoms with E-state index >= 15 is 0 Å². The molecule has 0 unspecified atom stereocenters. The quantitative estimate of drug-likeness (QED) is 0.320. The standard InChI is InChI=1S/C16H23F3N4.HI/c1-2-20-16(21-7-3-6-17)23-10-8-22(9-11-23)15-12-13(18)4-5-14(15)19;/h4-5,12H,2-3,6-11H2,1H3,(H,20,21);1H. The Morgan fingerprint density at radius 1 is 1.21 bits per heavy atom. The average Bonchev–Trinajstić information content (AvgIpc) is 2.57. The molecule has 1 aromatic rings. The molecular weight excluding hydrogens is 432 g/mol. The van der Waals surface area contributed by atoms with Crippen LogP contribution in [0, 0.1) is 11.6 Å². The Balaban J connectivity index is 0.00000288. The van der Waals surface area contributed by atoms with Crippen molar-refractivity contribution in [2.75, 3.05) is 50.8 Å². The molecule has 136 valence electrons. The third-order valence-electron chi connectivity index (χ3n) is 3.72. The molecule has 0 radical (unpaired) electrons. The van der Waals surface area contributed by atoms with Crippen LogP contribution in [0.3, 0.4) is 0 Å². The average molecular weight is 456 g/mol. The molecule has 1 aliphatic heterocycles. The number of guanidine groups is 1. The molecule has 24 heavy (non-hydrogen) atoms. The van der Waals surface area contributed by atoms with Gasteiger partial charge in [-0.15, -0.1) is 24.0 Å². The van der Waals surface area contributed by atoms with Crippen LogP contribution in [0.2, 0.25) is 0 Å².